The van der Waals surface area contributed by atoms with Gasteiger partial charge in [0.05, 0.1) is 5.69 Å². The summed E-state index contributed by atoms with van der Waals surface area (Å²) in [5.41, 5.74) is 2.72. The van der Waals surface area contributed by atoms with Crippen LogP contribution in [0.1, 0.15) is 12.7 Å². The Morgan fingerprint density at radius 2 is 1.86 bits per heavy atom. The molecule has 2 aromatic carbocycles. The van der Waals surface area contributed by atoms with Crippen LogP contribution in [0.25, 0.3) is 5.69 Å². The Bertz CT molecular complexity index is 956. The Balaban J connectivity index is 1.43. The molecule has 0 bridgehead atoms. The van der Waals surface area contributed by atoms with Crippen molar-refractivity contribution >= 4 is 17.4 Å². The van der Waals surface area contributed by atoms with Gasteiger partial charge in [-0.2, -0.15) is 4.68 Å². The molecule has 0 unspecified atom stereocenters. The zero-order chi connectivity index (χ0) is 19.5. The van der Waals surface area contributed by atoms with Crippen LogP contribution in [0.3, 0.4) is 0 Å². The molecule has 1 aromatic heterocycles. The van der Waals surface area contributed by atoms with Crippen molar-refractivity contribution in [1.82, 2.24) is 25.1 Å². The van der Waals surface area contributed by atoms with Gasteiger partial charge in [-0.3, -0.25) is 0 Å². The van der Waals surface area contributed by atoms with Gasteiger partial charge in [0.15, 0.2) is 5.82 Å². The van der Waals surface area contributed by atoms with Crippen LogP contribution < -0.4 is 10.2 Å². The van der Waals surface area contributed by atoms with Gasteiger partial charge in [-0.25, -0.2) is 4.79 Å². The molecular formula is C20H23N7O. The third kappa shape index (κ3) is 3.66. The highest BCUT2D eigenvalue weighted by molar-refractivity contribution is 5.90. The van der Waals surface area contributed by atoms with Crippen molar-refractivity contribution < 1.29 is 4.79 Å². The third-order valence-corrected chi connectivity index (χ3v) is 4.98. The fourth-order valence-corrected chi connectivity index (χ4v) is 3.51. The van der Waals surface area contributed by atoms with Gasteiger partial charge in [0.2, 0.25) is 0 Å². The molecule has 2 amide bonds. The van der Waals surface area contributed by atoms with Crippen molar-refractivity contribution in [2.24, 2.45) is 0 Å². The minimum absolute atomic E-state index is 0.0919. The largest absolute Gasteiger partial charge is 0.368 e. The van der Waals surface area contributed by atoms with E-state index in [1.165, 1.54) is 5.69 Å². The zero-order valence-electron chi connectivity index (χ0n) is 16.0. The molecular weight excluding hydrogens is 354 g/mol. The van der Waals surface area contributed by atoms with Crippen LogP contribution in [-0.2, 0) is 0 Å². The van der Waals surface area contributed by atoms with Crippen molar-refractivity contribution in [2.75, 3.05) is 29.9 Å². The summed E-state index contributed by atoms with van der Waals surface area (Å²) in [4.78, 5) is 17.0. The van der Waals surface area contributed by atoms with Crippen LogP contribution in [0.15, 0.2) is 54.6 Å². The van der Waals surface area contributed by atoms with Gasteiger partial charge in [0.25, 0.3) is 0 Å². The minimum Gasteiger partial charge on any atom is -0.368 e. The number of benzene rings is 2. The van der Waals surface area contributed by atoms with Crippen molar-refractivity contribution in [3.05, 3.63) is 60.4 Å². The number of piperazine rings is 1. The summed E-state index contributed by atoms with van der Waals surface area (Å²) in [6.07, 6.45) is 0. The van der Waals surface area contributed by atoms with Gasteiger partial charge in [-0.1, -0.05) is 24.3 Å². The Kier molecular flexibility index (Phi) is 4.92. The quantitative estimate of drug-likeness (QED) is 0.759. The van der Waals surface area contributed by atoms with Crippen molar-refractivity contribution in [1.29, 1.82) is 0 Å². The Morgan fingerprint density at radius 3 is 2.57 bits per heavy atom. The van der Waals surface area contributed by atoms with E-state index in [9.17, 15) is 4.79 Å². The fraction of sp³-hybridized carbons (Fsp3) is 0.300. The smallest absolute Gasteiger partial charge is 0.322 e. The van der Waals surface area contributed by atoms with Crippen LogP contribution in [0.4, 0.5) is 16.2 Å². The van der Waals surface area contributed by atoms with E-state index in [0.717, 1.165) is 24.5 Å². The molecule has 4 rings (SSSR count). The molecule has 1 fully saturated rings. The fourth-order valence-electron chi connectivity index (χ4n) is 3.51. The van der Waals surface area contributed by atoms with Crippen LogP contribution >= 0.6 is 0 Å². The van der Waals surface area contributed by atoms with Gasteiger partial charge in [0, 0.05) is 37.1 Å². The molecule has 8 heteroatoms. The topological polar surface area (TPSA) is 79.2 Å². The summed E-state index contributed by atoms with van der Waals surface area (Å²) in [6.45, 7) is 6.20. The summed E-state index contributed by atoms with van der Waals surface area (Å²) >= 11 is 0. The van der Waals surface area contributed by atoms with Gasteiger partial charge in [-0.15, -0.1) is 5.10 Å². The summed E-state index contributed by atoms with van der Waals surface area (Å²) in [7, 11) is 0. The first kappa shape index (κ1) is 18.0. The summed E-state index contributed by atoms with van der Waals surface area (Å²) in [5, 5.41) is 14.5. The highest BCUT2D eigenvalue weighted by Gasteiger charge is 2.27. The summed E-state index contributed by atoms with van der Waals surface area (Å²) in [6, 6.07) is 17.8. The number of hydrogen-bond acceptors (Lipinski definition) is 5. The molecule has 0 radical (unpaired) electrons. The van der Waals surface area contributed by atoms with Gasteiger partial charge >= 0.3 is 6.03 Å². The average Bonchev–Trinajstić information content (AvgIpc) is 3.14. The number of urea groups is 1. The number of para-hydroxylation sites is 1. The Morgan fingerprint density at radius 1 is 1.07 bits per heavy atom. The molecule has 1 atom stereocenters. The molecule has 0 saturated carbocycles. The molecule has 28 heavy (non-hydrogen) atoms. The van der Waals surface area contributed by atoms with Crippen LogP contribution in [0.5, 0.6) is 0 Å². The highest BCUT2D eigenvalue weighted by Crippen LogP contribution is 2.20. The molecule has 0 spiro atoms. The first-order valence-electron chi connectivity index (χ1n) is 9.35. The molecule has 8 nitrogen and oxygen atoms in total. The van der Waals surface area contributed by atoms with E-state index in [1.807, 2.05) is 54.3 Å². The van der Waals surface area contributed by atoms with Crippen LogP contribution in [-0.4, -0.2) is 56.8 Å². The van der Waals surface area contributed by atoms with E-state index in [-0.39, 0.29) is 12.1 Å². The third-order valence-electron chi connectivity index (χ3n) is 4.98. The number of aryl methyl sites for hydroxylation is 1. The number of carbonyl (C=O) groups is 1. The van der Waals surface area contributed by atoms with Gasteiger partial charge < -0.3 is 15.1 Å². The number of hydrogen-bond donors (Lipinski definition) is 1. The highest BCUT2D eigenvalue weighted by atomic mass is 16.2. The van der Waals surface area contributed by atoms with Crippen molar-refractivity contribution in [2.45, 2.75) is 19.9 Å². The van der Waals surface area contributed by atoms with Crippen LogP contribution in [0, 0.1) is 6.92 Å². The van der Waals surface area contributed by atoms with E-state index < -0.39 is 0 Å². The normalized spacial score (nSPS) is 16.9. The second-order valence-corrected chi connectivity index (χ2v) is 6.94. The summed E-state index contributed by atoms with van der Waals surface area (Å²) < 4.78 is 1.64. The molecule has 0 aliphatic carbocycles. The SMILES string of the molecule is Cc1nnnn1-c1cccc(NC(=O)N2CCN(c3ccccc3)C[C@@H]2C)c1. The van der Waals surface area contributed by atoms with E-state index in [1.54, 1.807) is 4.68 Å². The first-order chi connectivity index (χ1) is 13.6. The molecule has 1 saturated heterocycles. The predicted octanol–water partition coefficient (Wildman–Crippen LogP) is 2.71. The molecule has 1 aliphatic heterocycles. The number of rotatable bonds is 3. The number of nitrogens with one attached hydrogen (secondary N) is 1. The number of carbonyl (C=O) groups excluding carboxylic acids is 1. The van der Waals surface area contributed by atoms with E-state index in [4.69, 9.17) is 0 Å². The maximum atomic E-state index is 12.8. The standard InChI is InChI=1S/C20H23N7O/c1-15-14-25(18-8-4-3-5-9-18)11-12-26(15)20(28)21-17-7-6-10-19(13-17)27-16(2)22-23-24-27/h3-10,13,15H,11-12,14H2,1-2H3,(H,21,28)/t15-/m0/s1. The molecule has 3 aromatic rings. The lowest BCUT2D eigenvalue weighted by Crippen LogP contribution is -2.55. The lowest BCUT2D eigenvalue weighted by atomic mass is 10.1. The van der Waals surface area contributed by atoms with Crippen LogP contribution in [0.2, 0.25) is 0 Å². The zero-order valence-corrected chi connectivity index (χ0v) is 16.0. The number of nitrogens with zero attached hydrogens (tertiary/aromatic N) is 6. The molecule has 1 aliphatic rings. The van der Waals surface area contributed by atoms with Crippen molar-refractivity contribution in [3.8, 4) is 5.69 Å². The van der Waals surface area contributed by atoms with E-state index in [2.05, 4.69) is 44.8 Å². The maximum absolute atomic E-state index is 12.8. The number of aromatic nitrogens is 4. The maximum Gasteiger partial charge on any atom is 0.322 e. The second-order valence-electron chi connectivity index (χ2n) is 6.94. The monoisotopic (exact) mass is 377 g/mol. The first-order valence-corrected chi connectivity index (χ1v) is 9.35. The van der Waals surface area contributed by atoms with Crippen molar-refractivity contribution in [3.63, 3.8) is 0 Å². The lowest BCUT2D eigenvalue weighted by Gasteiger charge is -2.40. The molecule has 1 N–H and O–H groups in total. The van der Waals surface area contributed by atoms with E-state index >= 15 is 0 Å². The van der Waals surface area contributed by atoms with E-state index in [0.29, 0.717) is 12.4 Å². The average molecular weight is 377 g/mol. The number of amides is 2. The molecule has 2 heterocycles. The second kappa shape index (κ2) is 7.67. The lowest BCUT2D eigenvalue weighted by molar-refractivity contribution is 0.185. The van der Waals surface area contributed by atoms with Gasteiger partial charge in [0.1, 0.15) is 0 Å². The number of tetrazole rings is 1. The minimum atomic E-state index is -0.0919. The van der Waals surface area contributed by atoms with Gasteiger partial charge in [-0.05, 0) is 54.6 Å². The Labute approximate surface area is 163 Å². The predicted molar refractivity (Wildman–Crippen MR) is 108 cm³/mol. The summed E-state index contributed by atoms with van der Waals surface area (Å²) in [5.74, 6) is 0.689. The Hall–Kier alpha value is -3.42. The number of anilines is 2. The molecule has 144 valence electrons.